The second kappa shape index (κ2) is 8.78. The van der Waals surface area contributed by atoms with Gasteiger partial charge in [0, 0.05) is 36.8 Å². The summed E-state index contributed by atoms with van der Waals surface area (Å²) in [6, 6.07) is 6.11. The summed E-state index contributed by atoms with van der Waals surface area (Å²) in [6.07, 6.45) is 6.61. The number of nitrogens with one attached hydrogen (secondary N) is 1. The van der Waals surface area contributed by atoms with Crippen molar-refractivity contribution in [2.45, 2.75) is 57.2 Å². The first-order valence-corrected chi connectivity index (χ1v) is 10.7. The molecule has 2 aliphatic heterocycles. The lowest BCUT2D eigenvalue weighted by Gasteiger charge is -2.42. The van der Waals surface area contributed by atoms with Crippen LogP contribution in [0.15, 0.2) is 18.2 Å². The Bertz CT molecular complexity index is 686. The van der Waals surface area contributed by atoms with E-state index in [2.05, 4.69) is 15.1 Å². The van der Waals surface area contributed by atoms with Crippen molar-refractivity contribution >= 4 is 5.91 Å². The molecular formula is C22H32FN3O2. The molecule has 3 aliphatic rings. The van der Waals surface area contributed by atoms with E-state index in [4.69, 9.17) is 4.74 Å². The molecule has 5 nitrogen and oxygen atoms in total. The monoisotopic (exact) mass is 389 g/mol. The number of amides is 1. The van der Waals surface area contributed by atoms with E-state index in [1.54, 1.807) is 7.11 Å². The molecule has 1 aliphatic carbocycles. The maximum absolute atomic E-state index is 14.2. The Morgan fingerprint density at radius 1 is 1.18 bits per heavy atom. The summed E-state index contributed by atoms with van der Waals surface area (Å²) in [5, 5.41) is 3.18. The zero-order valence-electron chi connectivity index (χ0n) is 16.8. The lowest BCUT2D eigenvalue weighted by molar-refractivity contribution is -0.127. The van der Waals surface area contributed by atoms with Crippen LogP contribution in [0.1, 0.15) is 44.1 Å². The van der Waals surface area contributed by atoms with Crippen molar-refractivity contribution in [1.29, 1.82) is 0 Å². The quantitative estimate of drug-likeness (QED) is 0.813. The number of hydrogen-bond donors (Lipinski definition) is 1. The number of halogens is 1. The Labute approximate surface area is 167 Å². The third kappa shape index (κ3) is 4.84. The van der Waals surface area contributed by atoms with Crippen molar-refractivity contribution in [3.63, 3.8) is 0 Å². The van der Waals surface area contributed by atoms with Gasteiger partial charge in [-0.3, -0.25) is 14.6 Å². The van der Waals surface area contributed by atoms with E-state index < -0.39 is 0 Å². The zero-order chi connectivity index (χ0) is 19.5. The summed E-state index contributed by atoms with van der Waals surface area (Å²) >= 11 is 0. The molecule has 6 heteroatoms. The molecule has 0 bridgehead atoms. The number of benzene rings is 1. The summed E-state index contributed by atoms with van der Waals surface area (Å²) in [7, 11) is 1.56. The Morgan fingerprint density at radius 2 is 1.96 bits per heavy atom. The summed E-state index contributed by atoms with van der Waals surface area (Å²) in [5.41, 5.74) is 0.731. The van der Waals surface area contributed by atoms with Gasteiger partial charge in [-0.1, -0.05) is 6.07 Å². The normalized spacial score (nSPS) is 24.9. The molecule has 1 atom stereocenters. The Morgan fingerprint density at radius 3 is 2.64 bits per heavy atom. The molecule has 28 heavy (non-hydrogen) atoms. The van der Waals surface area contributed by atoms with Gasteiger partial charge in [-0.05, 0) is 64.2 Å². The molecule has 0 radical (unpaired) electrons. The van der Waals surface area contributed by atoms with Gasteiger partial charge >= 0.3 is 0 Å². The summed E-state index contributed by atoms with van der Waals surface area (Å²) in [5.74, 6) is 0.785. The third-order valence-corrected chi connectivity index (χ3v) is 6.48. The van der Waals surface area contributed by atoms with E-state index in [9.17, 15) is 9.18 Å². The van der Waals surface area contributed by atoms with Crippen LogP contribution in [0.4, 0.5) is 4.39 Å². The standard InChI is InChI=1S/C22H32FN3O2/c1-28-20-7-4-16(21(23)13-20)14-25-11-8-19(9-12-25)26-10-2-3-17(15-26)22(27)24-18-5-6-18/h4,7,13,17-19H,2-3,5-6,8-12,14-15H2,1H3,(H,24,27)/t17-/m0/s1. The molecule has 1 N–H and O–H groups in total. The van der Waals surface area contributed by atoms with Crippen molar-refractivity contribution in [2.24, 2.45) is 5.92 Å². The second-order valence-electron chi connectivity index (χ2n) is 8.58. The van der Waals surface area contributed by atoms with E-state index >= 15 is 0 Å². The first-order chi connectivity index (χ1) is 13.6. The topological polar surface area (TPSA) is 44.8 Å². The number of nitrogens with zero attached hydrogens (tertiary/aromatic N) is 2. The predicted octanol–water partition coefficient (Wildman–Crippen LogP) is 2.79. The van der Waals surface area contributed by atoms with Crippen LogP contribution >= 0.6 is 0 Å². The van der Waals surface area contributed by atoms with Crippen LogP contribution in [0.3, 0.4) is 0 Å². The first-order valence-electron chi connectivity index (χ1n) is 10.7. The van der Waals surface area contributed by atoms with Gasteiger partial charge in [-0.15, -0.1) is 0 Å². The molecule has 1 aromatic carbocycles. The Balaban J connectivity index is 1.26. The van der Waals surface area contributed by atoms with Crippen molar-refractivity contribution in [1.82, 2.24) is 15.1 Å². The summed E-state index contributed by atoms with van der Waals surface area (Å²) < 4.78 is 19.3. The molecule has 1 saturated carbocycles. The van der Waals surface area contributed by atoms with Crippen molar-refractivity contribution in [3.8, 4) is 5.75 Å². The lowest BCUT2D eigenvalue weighted by atomic mass is 9.93. The highest BCUT2D eigenvalue weighted by molar-refractivity contribution is 5.79. The van der Waals surface area contributed by atoms with Crippen molar-refractivity contribution in [3.05, 3.63) is 29.6 Å². The van der Waals surface area contributed by atoms with Crippen LogP contribution in [-0.2, 0) is 11.3 Å². The first kappa shape index (κ1) is 19.6. The highest BCUT2D eigenvalue weighted by atomic mass is 19.1. The average Bonchev–Trinajstić information content (AvgIpc) is 3.54. The second-order valence-corrected chi connectivity index (χ2v) is 8.58. The van der Waals surface area contributed by atoms with E-state index in [1.165, 1.54) is 6.07 Å². The lowest BCUT2D eigenvalue weighted by Crippen LogP contribution is -2.50. The van der Waals surface area contributed by atoms with Gasteiger partial charge in [-0.2, -0.15) is 0 Å². The molecule has 0 aromatic heterocycles. The Hall–Kier alpha value is -1.66. The van der Waals surface area contributed by atoms with Crippen LogP contribution in [-0.4, -0.2) is 61.1 Å². The summed E-state index contributed by atoms with van der Waals surface area (Å²) in [6.45, 7) is 4.60. The van der Waals surface area contributed by atoms with Crippen LogP contribution in [0.2, 0.25) is 0 Å². The Kier molecular flexibility index (Phi) is 6.16. The molecule has 0 spiro atoms. The smallest absolute Gasteiger partial charge is 0.224 e. The van der Waals surface area contributed by atoms with Crippen molar-refractivity contribution < 1.29 is 13.9 Å². The fraction of sp³-hybridized carbons (Fsp3) is 0.682. The number of carbonyl (C=O) groups excluding carboxylic acids is 1. The number of methoxy groups -OCH3 is 1. The number of hydrogen-bond acceptors (Lipinski definition) is 4. The predicted molar refractivity (Wildman–Crippen MR) is 107 cm³/mol. The SMILES string of the molecule is COc1ccc(CN2CCC(N3CCC[C@H](C(=O)NC4CC4)C3)CC2)c(F)c1. The minimum absolute atomic E-state index is 0.153. The van der Waals surface area contributed by atoms with E-state index in [0.717, 1.165) is 70.3 Å². The van der Waals surface area contributed by atoms with Gasteiger partial charge in [-0.25, -0.2) is 4.39 Å². The molecule has 154 valence electrons. The minimum atomic E-state index is -0.193. The number of ether oxygens (including phenoxy) is 1. The van der Waals surface area contributed by atoms with Gasteiger partial charge in [0.05, 0.1) is 13.0 Å². The van der Waals surface area contributed by atoms with E-state index in [-0.39, 0.29) is 17.6 Å². The largest absolute Gasteiger partial charge is 0.497 e. The number of piperidine rings is 2. The number of carbonyl (C=O) groups is 1. The minimum Gasteiger partial charge on any atom is -0.497 e. The highest BCUT2D eigenvalue weighted by Gasteiger charge is 2.33. The van der Waals surface area contributed by atoms with Crippen LogP contribution in [0.25, 0.3) is 0 Å². The van der Waals surface area contributed by atoms with Gasteiger partial charge in [0.25, 0.3) is 0 Å². The highest BCUT2D eigenvalue weighted by Crippen LogP contribution is 2.27. The van der Waals surface area contributed by atoms with Crippen LogP contribution in [0.5, 0.6) is 5.75 Å². The molecule has 2 heterocycles. The fourth-order valence-electron chi connectivity index (χ4n) is 4.57. The van der Waals surface area contributed by atoms with Gasteiger partial charge in [0.2, 0.25) is 5.91 Å². The van der Waals surface area contributed by atoms with Gasteiger partial charge in [0.1, 0.15) is 11.6 Å². The van der Waals surface area contributed by atoms with Crippen LogP contribution in [0, 0.1) is 11.7 Å². The molecule has 0 unspecified atom stereocenters. The maximum atomic E-state index is 14.2. The summed E-state index contributed by atoms with van der Waals surface area (Å²) in [4.78, 5) is 17.3. The van der Waals surface area contributed by atoms with Gasteiger partial charge < -0.3 is 10.1 Å². The zero-order valence-corrected chi connectivity index (χ0v) is 16.8. The fourth-order valence-corrected chi connectivity index (χ4v) is 4.57. The van der Waals surface area contributed by atoms with E-state index in [1.807, 2.05) is 12.1 Å². The molecule has 1 aromatic rings. The van der Waals surface area contributed by atoms with E-state index in [0.29, 0.717) is 24.4 Å². The molecule has 4 rings (SSSR count). The maximum Gasteiger partial charge on any atom is 0.224 e. The molecular weight excluding hydrogens is 357 g/mol. The number of rotatable bonds is 6. The molecule has 2 saturated heterocycles. The molecule has 1 amide bonds. The third-order valence-electron chi connectivity index (χ3n) is 6.48. The molecule has 3 fully saturated rings. The van der Waals surface area contributed by atoms with Gasteiger partial charge in [0.15, 0.2) is 0 Å². The number of likely N-dealkylation sites (tertiary alicyclic amines) is 2. The van der Waals surface area contributed by atoms with Crippen LogP contribution < -0.4 is 10.1 Å². The van der Waals surface area contributed by atoms with Crippen molar-refractivity contribution in [2.75, 3.05) is 33.3 Å². The average molecular weight is 390 g/mol.